The molecule has 4 rings (SSSR count). The van der Waals surface area contributed by atoms with E-state index in [0.717, 1.165) is 22.2 Å². The zero-order valence-electron chi connectivity index (χ0n) is 14.2. The van der Waals surface area contributed by atoms with Crippen LogP contribution in [0, 0.1) is 0 Å². The third-order valence-corrected chi connectivity index (χ3v) is 5.05. The molecule has 0 unspecified atom stereocenters. The predicted molar refractivity (Wildman–Crippen MR) is 104 cm³/mol. The Bertz CT molecular complexity index is 1040. The third-order valence-electron chi connectivity index (χ3n) is 3.81. The van der Waals surface area contributed by atoms with Gasteiger partial charge in [0.25, 0.3) is 0 Å². The van der Waals surface area contributed by atoms with Crippen molar-refractivity contribution >= 4 is 23.4 Å². The molecule has 0 bridgehead atoms. The van der Waals surface area contributed by atoms with E-state index in [9.17, 15) is 0 Å². The second kappa shape index (κ2) is 7.85. The molecule has 8 heteroatoms. The largest absolute Gasteiger partial charge is 0.461 e. The third kappa shape index (κ3) is 3.84. The first-order valence-electron chi connectivity index (χ1n) is 8.17. The molecule has 0 fully saturated rings. The number of nitrogens with zero attached hydrogens (tertiary/aromatic N) is 4. The minimum absolute atomic E-state index is 0.577. The summed E-state index contributed by atoms with van der Waals surface area (Å²) in [5.74, 6) is 2.66. The molecule has 27 heavy (non-hydrogen) atoms. The topological polar surface area (TPSA) is 69.9 Å². The number of halogens is 1. The van der Waals surface area contributed by atoms with Gasteiger partial charge < -0.3 is 8.94 Å². The average Bonchev–Trinajstić information content (AvgIpc) is 3.42. The van der Waals surface area contributed by atoms with Crippen LogP contribution in [0.2, 0.25) is 5.02 Å². The normalized spacial score (nSPS) is 11.0. The Morgan fingerprint density at radius 3 is 2.78 bits per heavy atom. The molecule has 6 nitrogen and oxygen atoms in total. The molecule has 1 aromatic carbocycles. The first-order valence-corrected chi connectivity index (χ1v) is 9.53. The molecule has 0 aliphatic rings. The predicted octanol–water partition coefficient (Wildman–Crippen LogP) is 5.32. The molecule has 0 aliphatic heterocycles. The van der Waals surface area contributed by atoms with E-state index in [1.165, 1.54) is 11.8 Å². The number of hydrogen-bond acceptors (Lipinski definition) is 6. The molecule has 0 saturated heterocycles. The van der Waals surface area contributed by atoms with E-state index in [1.54, 1.807) is 12.3 Å². The molecule has 0 saturated carbocycles. The van der Waals surface area contributed by atoms with E-state index < -0.39 is 0 Å². The Kier molecular flexibility index (Phi) is 5.13. The van der Waals surface area contributed by atoms with Crippen LogP contribution in [0.25, 0.3) is 22.8 Å². The van der Waals surface area contributed by atoms with Gasteiger partial charge in [-0.1, -0.05) is 46.7 Å². The van der Waals surface area contributed by atoms with Crippen molar-refractivity contribution in [1.29, 1.82) is 0 Å². The molecule has 0 spiro atoms. The molecule has 0 radical (unpaired) electrons. The highest BCUT2D eigenvalue weighted by Crippen LogP contribution is 2.28. The molecule has 0 aliphatic carbocycles. The minimum Gasteiger partial charge on any atom is -0.461 e. The van der Waals surface area contributed by atoms with Crippen molar-refractivity contribution < 1.29 is 8.94 Å². The fourth-order valence-electron chi connectivity index (χ4n) is 2.55. The van der Waals surface area contributed by atoms with Crippen molar-refractivity contribution in [2.24, 2.45) is 0 Å². The van der Waals surface area contributed by atoms with Gasteiger partial charge in [-0.25, -0.2) is 0 Å². The summed E-state index contributed by atoms with van der Waals surface area (Å²) in [5, 5.41) is 14.1. The van der Waals surface area contributed by atoms with Crippen molar-refractivity contribution in [3.8, 4) is 22.8 Å². The lowest BCUT2D eigenvalue weighted by molar-refractivity contribution is 0.397. The van der Waals surface area contributed by atoms with Crippen molar-refractivity contribution in [3.63, 3.8) is 0 Å². The average molecular weight is 399 g/mol. The van der Waals surface area contributed by atoms with Crippen LogP contribution in [0.5, 0.6) is 0 Å². The summed E-state index contributed by atoms with van der Waals surface area (Å²) in [5.41, 5.74) is 1.72. The summed E-state index contributed by atoms with van der Waals surface area (Å²) in [6.07, 6.45) is 3.41. The van der Waals surface area contributed by atoms with Crippen LogP contribution in [0.4, 0.5) is 0 Å². The second-order valence-corrected chi connectivity index (χ2v) is 7.04. The van der Waals surface area contributed by atoms with Crippen LogP contribution in [0.15, 0.2) is 75.5 Å². The number of aromatic nitrogens is 4. The standard InChI is InChI=1S/C19H15ClN4O2S/c1-2-9-24-18(17-4-3-10-25-17)21-22-19(24)27-12-15-11-16(23-26-15)13-5-7-14(20)8-6-13/h2-8,10-11H,1,9,12H2. The van der Waals surface area contributed by atoms with E-state index in [0.29, 0.717) is 28.9 Å². The van der Waals surface area contributed by atoms with Gasteiger partial charge in [0.05, 0.1) is 12.0 Å². The Labute approximate surface area is 164 Å². The van der Waals surface area contributed by atoms with Crippen molar-refractivity contribution in [2.45, 2.75) is 17.5 Å². The maximum atomic E-state index is 5.93. The summed E-state index contributed by atoms with van der Waals surface area (Å²) in [4.78, 5) is 0. The number of allylic oxidation sites excluding steroid dienone is 1. The smallest absolute Gasteiger partial charge is 0.200 e. The van der Waals surface area contributed by atoms with E-state index in [2.05, 4.69) is 21.9 Å². The van der Waals surface area contributed by atoms with E-state index in [-0.39, 0.29) is 0 Å². The Morgan fingerprint density at radius 1 is 1.19 bits per heavy atom. The van der Waals surface area contributed by atoms with Gasteiger partial charge >= 0.3 is 0 Å². The van der Waals surface area contributed by atoms with Gasteiger partial charge in [-0.2, -0.15) is 0 Å². The number of thioether (sulfide) groups is 1. The fraction of sp³-hybridized carbons (Fsp3) is 0.105. The monoisotopic (exact) mass is 398 g/mol. The fourth-order valence-corrected chi connectivity index (χ4v) is 3.50. The number of furan rings is 1. The highest BCUT2D eigenvalue weighted by atomic mass is 35.5. The minimum atomic E-state index is 0.577. The highest BCUT2D eigenvalue weighted by Gasteiger charge is 2.16. The van der Waals surface area contributed by atoms with Gasteiger partial charge in [0.2, 0.25) is 5.82 Å². The maximum Gasteiger partial charge on any atom is 0.200 e. The Hall–Kier alpha value is -2.77. The molecular formula is C19H15ClN4O2S. The molecule has 0 N–H and O–H groups in total. The first kappa shape index (κ1) is 17.6. The van der Waals surface area contributed by atoms with Crippen molar-refractivity contribution in [1.82, 2.24) is 19.9 Å². The van der Waals surface area contributed by atoms with Gasteiger partial charge in [-0.3, -0.25) is 4.57 Å². The first-order chi connectivity index (χ1) is 13.2. The lowest BCUT2D eigenvalue weighted by Crippen LogP contribution is -2.00. The molecule has 0 atom stereocenters. The van der Waals surface area contributed by atoms with Gasteiger partial charge in [0.15, 0.2) is 10.9 Å². The summed E-state index contributed by atoms with van der Waals surface area (Å²) in [6, 6.07) is 13.1. The lowest BCUT2D eigenvalue weighted by Gasteiger charge is -2.05. The van der Waals surface area contributed by atoms with E-state index in [4.69, 9.17) is 20.5 Å². The summed E-state index contributed by atoms with van der Waals surface area (Å²) < 4.78 is 12.8. The van der Waals surface area contributed by atoms with Gasteiger partial charge in [0, 0.05) is 23.2 Å². The van der Waals surface area contributed by atoms with Gasteiger partial charge in [-0.15, -0.1) is 16.8 Å². The quantitative estimate of drug-likeness (QED) is 0.310. The number of benzene rings is 1. The molecule has 3 aromatic heterocycles. The zero-order valence-corrected chi connectivity index (χ0v) is 15.8. The summed E-state index contributed by atoms with van der Waals surface area (Å²) in [6.45, 7) is 4.39. The van der Waals surface area contributed by atoms with Gasteiger partial charge in [-0.05, 0) is 24.3 Å². The molecule has 0 amide bonds. The summed E-state index contributed by atoms with van der Waals surface area (Å²) in [7, 11) is 0. The lowest BCUT2D eigenvalue weighted by atomic mass is 10.1. The Morgan fingerprint density at radius 2 is 2.04 bits per heavy atom. The van der Waals surface area contributed by atoms with Crippen LogP contribution in [-0.4, -0.2) is 19.9 Å². The number of hydrogen-bond donors (Lipinski definition) is 0. The summed E-state index contributed by atoms with van der Waals surface area (Å²) >= 11 is 7.44. The van der Waals surface area contributed by atoms with Gasteiger partial charge in [0.1, 0.15) is 11.5 Å². The van der Waals surface area contributed by atoms with Crippen molar-refractivity contribution in [3.05, 3.63) is 72.2 Å². The van der Waals surface area contributed by atoms with Crippen LogP contribution >= 0.6 is 23.4 Å². The van der Waals surface area contributed by atoms with E-state index in [1.807, 2.05) is 47.0 Å². The highest BCUT2D eigenvalue weighted by molar-refractivity contribution is 7.98. The zero-order chi connectivity index (χ0) is 18.6. The second-order valence-electron chi connectivity index (χ2n) is 5.66. The van der Waals surface area contributed by atoms with Crippen LogP contribution in [0.1, 0.15) is 5.76 Å². The molecular weight excluding hydrogens is 384 g/mol. The van der Waals surface area contributed by atoms with Crippen LogP contribution in [0.3, 0.4) is 0 Å². The maximum absolute atomic E-state index is 5.93. The van der Waals surface area contributed by atoms with Crippen molar-refractivity contribution in [2.75, 3.05) is 0 Å². The van der Waals surface area contributed by atoms with E-state index >= 15 is 0 Å². The molecule has 136 valence electrons. The Balaban J connectivity index is 1.51. The van der Waals surface area contributed by atoms with Crippen LogP contribution < -0.4 is 0 Å². The number of rotatable bonds is 7. The van der Waals surface area contributed by atoms with Crippen LogP contribution in [-0.2, 0) is 12.3 Å². The molecule has 4 aromatic rings. The molecule has 3 heterocycles. The SMILES string of the molecule is C=CCn1c(SCc2cc(-c3ccc(Cl)cc3)no2)nnc1-c1ccco1.